The zero-order chi connectivity index (χ0) is 22.3. The molecule has 0 unspecified atom stereocenters. The van der Waals surface area contributed by atoms with Crippen LogP contribution in [-0.4, -0.2) is 29.9 Å². The van der Waals surface area contributed by atoms with E-state index in [0.717, 1.165) is 10.8 Å². The number of benzene rings is 2. The number of hydrogen-bond acceptors (Lipinski definition) is 6. The van der Waals surface area contributed by atoms with Gasteiger partial charge in [0.2, 0.25) is 5.95 Å². The van der Waals surface area contributed by atoms with Crippen molar-refractivity contribution in [3.63, 3.8) is 0 Å². The van der Waals surface area contributed by atoms with Crippen LogP contribution in [0.15, 0.2) is 51.1 Å². The maximum Gasteiger partial charge on any atom is 0.329 e. The van der Waals surface area contributed by atoms with Gasteiger partial charge >= 0.3 is 5.69 Å². The number of fused-ring (bicyclic) bond motifs is 2. The highest BCUT2D eigenvalue weighted by atomic mass is 16.3. The largest absolute Gasteiger partial charge is 0.507 e. The number of nitrogens with zero attached hydrogens (tertiary/aromatic N) is 4. The van der Waals surface area contributed by atoms with Crippen LogP contribution >= 0.6 is 0 Å². The van der Waals surface area contributed by atoms with Crippen LogP contribution in [-0.2, 0) is 13.6 Å². The first kappa shape index (κ1) is 20.4. The van der Waals surface area contributed by atoms with Crippen molar-refractivity contribution in [1.29, 1.82) is 0 Å². The molecule has 0 aliphatic rings. The summed E-state index contributed by atoms with van der Waals surface area (Å²) in [6.07, 6.45) is 0. The predicted molar refractivity (Wildman–Crippen MR) is 122 cm³/mol. The van der Waals surface area contributed by atoms with E-state index < -0.39 is 11.2 Å². The van der Waals surface area contributed by atoms with E-state index in [-0.39, 0.29) is 17.3 Å². The minimum Gasteiger partial charge on any atom is -0.507 e. The summed E-state index contributed by atoms with van der Waals surface area (Å²) >= 11 is 0. The number of aryl methyl sites for hydroxylation is 1. The van der Waals surface area contributed by atoms with Gasteiger partial charge in [-0.1, -0.05) is 44.2 Å². The lowest BCUT2D eigenvalue weighted by atomic mass is 10.0. The third-order valence-electron chi connectivity index (χ3n) is 5.17. The number of aromatic hydroxyl groups is 1. The molecule has 0 spiro atoms. The van der Waals surface area contributed by atoms with Gasteiger partial charge < -0.3 is 9.67 Å². The van der Waals surface area contributed by atoms with Gasteiger partial charge in [-0.3, -0.25) is 14.3 Å². The Balaban J connectivity index is 1.80. The number of imidazole rings is 1. The molecule has 2 aromatic heterocycles. The van der Waals surface area contributed by atoms with Crippen molar-refractivity contribution < 1.29 is 5.11 Å². The van der Waals surface area contributed by atoms with Crippen LogP contribution in [0.25, 0.3) is 21.9 Å². The van der Waals surface area contributed by atoms with Crippen LogP contribution in [0.2, 0.25) is 0 Å². The van der Waals surface area contributed by atoms with Crippen molar-refractivity contribution in [1.82, 2.24) is 19.1 Å². The van der Waals surface area contributed by atoms with Gasteiger partial charge in [0.1, 0.15) is 5.75 Å². The molecule has 4 aromatic rings. The third kappa shape index (κ3) is 3.58. The molecule has 2 heterocycles. The molecule has 0 radical (unpaired) electrons. The summed E-state index contributed by atoms with van der Waals surface area (Å²) in [4.78, 5) is 31.2. The zero-order valence-electron chi connectivity index (χ0n) is 17.8. The van der Waals surface area contributed by atoms with Gasteiger partial charge in [0.25, 0.3) is 5.56 Å². The van der Waals surface area contributed by atoms with Gasteiger partial charge in [-0.2, -0.15) is 10.1 Å². The van der Waals surface area contributed by atoms with Gasteiger partial charge in [-0.15, -0.1) is 0 Å². The number of aromatic nitrogens is 4. The molecule has 4 rings (SSSR count). The number of aromatic amines is 1. The molecule has 9 heteroatoms. The molecule has 0 atom stereocenters. The molecule has 3 N–H and O–H groups in total. The smallest absolute Gasteiger partial charge is 0.329 e. The first-order chi connectivity index (χ1) is 14.8. The van der Waals surface area contributed by atoms with Crippen LogP contribution in [0.4, 0.5) is 5.95 Å². The molecule has 0 aliphatic heterocycles. The monoisotopic (exact) mass is 420 g/mol. The van der Waals surface area contributed by atoms with Gasteiger partial charge in [0, 0.05) is 24.5 Å². The van der Waals surface area contributed by atoms with Gasteiger partial charge in [-0.05, 0) is 24.3 Å². The molecule has 0 saturated carbocycles. The molecule has 0 fully saturated rings. The lowest BCUT2D eigenvalue weighted by Crippen LogP contribution is -2.29. The lowest BCUT2D eigenvalue weighted by molar-refractivity contribution is 0.480. The van der Waals surface area contributed by atoms with Crippen molar-refractivity contribution in [2.45, 2.75) is 27.3 Å². The summed E-state index contributed by atoms with van der Waals surface area (Å²) in [6.45, 7) is 6.32. The minimum atomic E-state index is -0.529. The second-order valence-corrected chi connectivity index (χ2v) is 7.92. The summed E-state index contributed by atoms with van der Waals surface area (Å²) < 4.78 is 3.01. The van der Waals surface area contributed by atoms with E-state index in [1.807, 2.05) is 50.2 Å². The van der Waals surface area contributed by atoms with Crippen LogP contribution < -0.4 is 16.7 Å². The molecular formula is C22H24N6O3. The first-order valence-electron chi connectivity index (χ1n) is 9.99. The molecule has 0 saturated heterocycles. The quantitative estimate of drug-likeness (QED) is 0.339. The normalized spacial score (nSPS) is 12.2. The van der Waals surface area contributed by atoms with Crippen LogP contribution in [0.5, 0.6) is 5.75 Å². The average Bonchev–Trinajstić information content (AvgIpc) is 3.09. The van der Waals surface area contributed by atoms with Crippen molar-refractivity contribution in [3.05, 3.63) is 62.8 Å². The Hall–Kier alpha value is -3.88. The van der Waals surface area contributed by atoms with Crippen LogP contribution in [0, 0.1) is 5.92 Å². The number of anilines is 1. The maximum atomic E-state index is 12.5. The Morgan fingerprint density at radius 2 is 1.97 bits per heavy atom. The second-order valence-electron chi connectivity index (χ2n) is 7.92. The molecule has 9 nitrogen and oxygen atoms in total. The Morgan fingerprint density at radius 1 is 1.23 bits per heavy atom. The molecule has 0 amide bonds. The van der Waals surface area contributed by atoms with Crippen LogP contribution in [0.1, 0.15) is 26.3 Å². The fourth-order valence-corrected chi connectivity index (χ4v) is 3.60. The van der Waals surface area contributed by atoms with Gasteiger partial charge in [0.15, 0.2) is 11.2 Å². The highest BCUT2D eigenvalue weighted by Crippen LogP contribution is 2.29. The number of hydrazone groups is 1. The lowest BCUT2D eigenvalue weighted by Gasteiger charge is -2.11. The summed E-state index contributed by atoms with van der Waals surface area (Å²) in [5.74, 6) is 0.717. The van der Waals surface area contributed by atoms with Crippen molar-refractivity contribution in [3.8, 4) is 5.75 Å². The standard InChI is InChI=1S/C22H24N6O3/c1-12(2)11-28-17-19(27(4)22(31)24-20(17)30)23-21(28)26-25-13(3)15-10-9-14-7-5-6-8-16(14)18(15)29/h5-10,12,29H,11H2,1-4H3,(H,23,26)(H,24,30,31). The predicted octanol–water partition coefficient (Wildman–Crippen LogP) is 2.77. The SMILES string of the molecule is CC(=NNc1nc2c(c(=O)[nH]c(=O)n2C)n1CC(C)C)c1ccc2ccccc2c1O. The maximum absolute atomic E-state index is 12.5. The average molecular weight is 420 g/mol. The second kappa shape index (κ2) is 7.75. The van der Waals surface area contributed by atoms with Crippen molar-refractivity contribution >= 4 is 33.6 Å². The molecule has 2 aromatic carbocycles. The van der Waals surface area contributed by atoms with E-state index in [0.29, 0.717) is 29.3 Å². The first-order valence-corrected chi connectivity index (χ1v) is 9.99. The topological polar surface area (TPSA) is 117 Å². The Bertz CT molecular complexity index is 1440. The molecule has 0 aliphatic carbocycles. The highest BCUT2D eigenvalue weighted by Gasteiger charge is 2.18. The van der Waals surface area contributed by atoms with E-state index in [2.05, 4.69) is 20.5 Å². The summed E-state index contributed by atoms with van der Waals surface area (Å²) in [5.41, 5.74) is 3.61. The Morgan fingerprint density at radius 3 is 2.71 bits per heavy atom. The highest BCUT2D eigenvalue weighted by molar-refractivity contribution is 6.06. The van der Waals surface area contributed by atoms with E-state index in [4.69, 9.17) is 0 Å². The Kier molecular flexibility index (Phi) is 5.10. The van der Waals surface area contributed by atoms with E-state index >= 15 is 0 Å². The fraction of sp³-hybridized carbons (Fsp3) is 0.273. The Labute approximate surface area is 177 Å². The van der Waals surface area contributed by atoms with Crippen molar-refractivity contribution in [2.75, 3.05) is 5.43 Å². The van der Waals surface area contributed by atoms with E-state index in [1.54, 1.807) is 18.5 Å². The third-order valence-corrected chi connectivity index (χ3v) is 5.17. The van der Waals surface area contributed by atoms with Crippen molar-refractivity contribution in [2.24, 2.45) is 18.1 Å². The minimum absolute atomic E-state index is 0.149. The summed E-state index contributed by atoms with van der Waals surface area (Å²) in [5, 5.41) is 16.8. The molecule has 31 heavy (non-hydrogen) atoms. The zero-order valence-corrected chi connectivity index (χ0v) is 17.8. The van der Waals surface area contributed by atoms with Gasteiger partial charge in [0.05, 0.1) is 5.71 Å². The number of phenolic OH excluding ortho intramolecular Hbond substituents is 1. The van der Waals surface area contributed by atoms with E-state index in [1.165, 1.54) is 4.57 Å². The van der Waals surface area contributed by atoms with E-state index in [9.17, 15) is 14.7 Å². The number of rotatable bonds is 5. The molecular weight excluding hydrogens is 396 g/mol. The molecule has 0 bridgehead atoms. The number of nitrogens with one attached hydrogen (secondary N) is 2. The number of hydrogen-bond donors (Lipinski definition) is 3. The molecule has 160 valence electrons. The van der Waals surface area contributed by atoms with Crippen LogP contribution in [0.3, 0.4) is 0 Å². The number of phenols is 1. The number of H-pyrrole nitrogens is 1. The fourth-order valence-electron chi connectivity index (χ4n) is 3.60. The summed E-state index contributed by atoms with van der Waals surface area (Å²) in [7, 11) is 1.55. The van der Waals surface area contributed by atoms with Gasteiger partial charge in [-0.25, -0.2) is 10.2 Å². The summed E-state index contributed by atoms with van der Waals surface area (Å²) in [6, 6.07) is 11.3.